The lowest BCUT2D eigenvalue weighted by atomic mass is 10.2. The Kier molecular flexibility index (Phi) is 5.35. The van der Waals surface area contributed by atoms with Gasteiger partial charge in [-0.2, -0.15) is 4.72 Å². The molecule has 3 N–H and O–H groups in total. The molecule has 1 aromatic carbocycles. The third-order valence-corrected chi connectivity index (χ3v) is 4.30. The number of carbonyl (C=O) groups is 1. The van der Waals surface area contributed by atoms with E-state index < -0.39 is 39.3 Å². The lowest BCUT2D eigenvalue weighted by molar-refractivity contribution is -0.385. The molecule has 0 aromatic heterocycles. The summed E-state index contributed by atoms with van der Waals surface area (Å²) in [5.41, 5.74) is -0.184. The molecule has 21 heavy (non-hydrogen) atoms. The quantitative estimate of drug-likeness (QED) is 0.474. The molecule has 0 unspecified atom stereocenters. The number of hydrogen-bond donors (Lipinski definition) is 3. The Morgan fingerprint density at radius 2 is 2.10 bits per heavy atom. The molecule has 1 aromatic rings. The number of aliphatic hydroxyl groups excluding tert-OH is 1. The predicted octanol–water partition coefficient (Wildman–Crippen LogP) is 0.0171. The fourth-order valence-corrected chi connectivity index (χ4v) is 3.09. The highest BCUT2D eigenvalue weighted by molar-refractivity contribution is 7.89. The third kappa shape index (κ3) is 4.21. The largest absolute Gasteiger partial charge is 0.480 e. The average molecular weight is 318 g/mol. The predicted molar refractivity (Wildman–Crippen MR) is 71.3 cm³/mol. The van der Waals surface area contributed by atoms with Crippen LogP contribution in [-0.2, 0) is 14.8 Å². The summed E-state index contributed by atoms with van der Waals surface area (Å²) in [4.78, 5) is 20.5. The van der Waals surface area contributed by atoms with Crippen molar-refractivity contribution < 1.29 is 28.3 Å². The average Bonchev–Trinajstić information content (AvgIpc) is 2.37. The van der Waals surface area contributed by atoms with Gasteiger partial charge in [0.1, 0.15) is 6.04 Å². The highest BCUT2D eigenvalue weighted by atomic mass is 32.2. The van der Waals surface area contributed by atoms with Crippen molar-refractivity contribution in [2.45, 2.75) is 24.3 Å². The maximum Gasteiger partial charge on any atom is 0.321 e. The van der Waals surface area contributed by atoms with Gasteiger partial charge in [-0.3, -0.25) is 14.9 Å². The van der Waals surface area contributed by atoms with Crippen LogP contribution in [0.4, 0.5) is 5.69 Å². The van der Waals surface area contributed by atoms with Crippen LogP contribution in [0.1, 0.15) is 12.0 Å². The molecule has 0 aliphatic rings. The number of aliphatic hydroxyl groups is 1. The van der Waals surface area contributed by atoms with Gasteiger partial charge in [-0.1, -0.05) is 6.07 Å². The maximum absolute atomic E-state index is 12.1. The summed E-state index contributed by atoms with van der Waals surface area (Å²) in [6.07, 6.45) is -0.317. The number of carboxylic acid groups (broad SMARTS) is 1. The molecule has 0 amide bonds. The Labute approximate surface area is 120 Å². The van der Waals surface area contributed by atoms with E-state index in [4.69, 9.17) is 10.2 Å². The van der Waals surface area contributed by atoms with Crippen LogP contribution in [0, 0.1) is 17.0 Å². The number of carboxylic acids is 1. The Bertz CT molecular complexity index is 657. The van der Waals surface area contributed by atoms with Crippen LogP contribution in [0.15, 0.2) is 23.1 Å². The summed E-state index contributed by atoms with van der Waals surface area (Å²) in [7, 11) is -4.26. The minimum absolute atomic E-state index is 0.237. The molecular formula is C11H14N2O7S. The van der Waals surface area contributed by atoms with E-state index in [1.807, 2.05) is 4.72 Å². The van der Waals surface area contributed by atoms with Crippen LogP contribution in [0.3, 0.4) is 0 Å². The Hall–Kier alpha value is -2.04. The van der Waals surface area contributed by atoms with E-state index >= 15 is 0 Å². The number of nitrogens with zero attached hydrogens (tertiary/aromatic N) is 1. The van der Waals surface area contributed by atoms with Crippen molar-refractivity contribution in [3.8, 4) is 0 Å². The molecule has 0 aliphatic heterocycles. The fraction of sp³-hybridized carbons (Fsp3) is 0.364. The van der Waals surface area contributed by atoms with Crippen molar-refractivity contribution in [1.29, 1.82) is 0 Å². The van der Waals surface area contributed by atoms with Crippen LogP contribution in [0.5, 0.6) is 0 Å². The molecule has 1 atom stereocenters. The molecule has 0 bridgehead atoms. The summed E-state index contributed by atoms with van der Waals surface area (Å²) in [6.45, 7) is 0.910. The van der Waals surface area contributed by atoms with Crippen LogP contribution in [-0.4, -0.2) is 42.2 Å². The van der Waals surface area contributed by atoms with E-state index in [1.54, 1.807) is 0 Å². The van der Waals surface area contributed by atoms with Gasteiger partial charge in [-0.15, -0.1) is 0 Å². The lowest BCUT2D eigenvalue weighted by Gasteiger charge is -2.14. The number of nitro benzene ring substituents is 1. The summed E-state index contributed by atoms with van der Waals surface area (Å²) in [6, 6.07) is 1.75. The summed E-state index contributed by atoms with van der Waals surface area (Å²) >= 11 is 0. The number of nitro groups is 1. The van der Waals surface area contributed by atoms with E-state index in [0.717, 1.165) is 12.1 Å². The lowest BCUT2D eigenvalue weighted by Crippen LogP contribution is -2.41. The van der Waals surface area contributed by atoms with Gasteiger partial charge >= 0.3 is 5.97 Å². The zero-order chi connectivity index (χ0) is 16.2. The standard InChI is InChI=1S/C11H14N2O7S/c1-7-2-3-8(13(17)18)6-10(7)21(19,20)12-9(4-5-14)11(15)16/h2-3,6,9,12,14H,4-5H2,1H3,(H,15,16)/t9-/m1/s1. The summed E-state index contributed by atoms with van der Waals surface area (Å²) in [5.74, 6) is -1.45. The van der Waals surface area contributed by atoms with E-state index in [2.05, 4.69) is 0 Å². The fourth-order valence-electron chi connectivity index (χ4n) is 1.60. The molecular weight excluding hydrogens is 304 g/mol. The normalized spacial score (nSPS) is 12.9. The van der Waals surface area contributed by atoms with Gasteiger partial charge < -0.3 is 10.2 Å². The van der Waals surface area contributed by atoms with Crippen molar-refractivity contribution >= 4 is 21.7 Å². The van der Waals surface area contributed by atoms with Crippen molar-refractivity contribution in [2.75, 3.05) is 6.61 Å². The number of aliphatic carboxylic acids is 1. The SMILES string of the molecule is Cc1ccc([N+](=O)[O-])cc1S(=O)(=O)N[C@H](CCO)C(=O)O. The van der Waals surface area contributed by atoms with E-state index in [0.29, 0.717) is 0 Å². The van der Waals surface area contributed by atoms with Gasteiger partial charge in [0.05, 0.1) is 9.82 Å². The van der Waals surface area contributed by atoms with Gasteiger partial charge in [0, 0.05) is 18.7 Å². The second-order valence-electron chi connectivity index (χ2n) is 4.23. The van der Waals surface area contributed by atoms with Gasteiger partial charge in [0.2, 0.25) is 10.0 Å². The molecule has 10 heteroatoms. The molecule has 0 radical (unpaired) electrons. The third-order valence-electron chi connectivity index (χ3n) is 2.69. The van der Waals surface area contributed by atoms with Crippen molar-refractivity contribution in [2.24, 2.45) is 0 Å². The monoisotopic (exact) mass is 318 g/mol. The highest BCUT2D eigenvalue weighted by Gasteiger charge is 2.27. The summed E-state index contributed by atoms with van der Waals surface area (Å²) < 4.78 is 26.2. The van der Waals surface area contributed by atoms with Crippen molar-refractivity contribution in [1.82, 2.24) is 4.72 Å². The van der Waals surface area contributed by atoms with E-state index in [-0.39, 0.29) is 16.9 Å². The second-order valence-corrected chi connectivity index (χ2v) is 5.91. The Balaban J connectivity index is 3.21. The number of non-ortho nitro benzene ring substituents is 1. The van der Waals surface area contributed by atoms with Crippen LogP contribution < -0.4 is 4.72 Å². The number of nitrogens with one attached hydrogen (secondary N) is 1. The van der Waals surface area contributed by atoms with E-state index in [1.165, 1.54) is 13.0 Å². The topological polar surface area (TPSA) is 147 Å². The molecule has 0 aliphatic carbocycles. The zero-order valence-corrected chi connectivity index (χ0v) is 11.8. The van der Waals surface area contributed by atoms with Crippen LogP contribution in [0.2, 0.25) is 0 Å². The number of benzene rings is 1. The first kappa shape index (κ1) is 17.0. The zero-order valence-electron chi connectivity index (χ0n) is 11.0. The molecule has 116 valence electrons. The van der Waals surface area contributed by atoms with Crippen LogP contribution in [0.25, 0.3) is 0 Å². The first-order valence-electron chi connectivity index (χ1n) is 5.80. The maximum atomic E-state index is 12.1. The first-order valence-corrected chi connectivity index (χ1v) is 7.28. The number of hydrogen-bond acceptors (Lipinski definition) is 6. The molecule has 9 nitrogen and oxygen atoms in total. The first-order chi connectivity index (χ1) is 9.69. The highest BCUT2D eigenvalue weighted by Crippen LogP contribution is 2.22. The van der Waals surface area contributed by atoms with Gasteiger partial charge in [-0.25, -0.2) is 8.42 Å². The summed E-state index contributed by atoms with van der Waals surface area (Å²) in [5, 5.41) is 28.3. The Morgan fingerprint density at radius 3 is 2.57 bits per heavy atom. The molecule has 0 saturated carbocycles. The number of aryl methyl sites for hydroxylation is 1. The molecule has 0 heterocycles. The number of sulfonamides is 1. The molecule has 0 spiro atoms. The molecule has 1 rings (SSSR count). The van der Waals surface area contributed by atoms with Crippen molar-refractivity contribution in [3.63, 3.8) is 0 Å². The van der Waals surface area contributed by atoms with Gasteiger partial charge in [0.15, 0.2) is 0 Å². The second kappa shape index (κ2) is 6.61. The molecule has 0 fully saturated rings. The number of rotatable bonds is 7. The van der Waals surface area contributed by atoms with Crippen LogP contribution >= 0.6 is 0 Å². The van der Waals surface area contributed by atoms with E-state index in [9.17, 15) is 23.3 Å². The Morgan fingerprint density at radius 1 is 1.48 bits per heavy atom. The minimum Gasteiger partial charge on any atom is -0.480 e. The van der Waals surface area contributed by atoms with Gasteiger partial charge in [-0.05, 0) is 18.9 Å². The minimum atomic E-state index is -4.26. The van der Waals surface area contributed by atoms with Gasteiger partial charge in [0.25, 0.3) is 5.69 Å². The smallest absolute Gasteiger partial charge is 0.321 e. The molecule has 0 saturated heterocycles. The van der Waals surface area contributed by atoms with Crippen molar-refractivity contribution in [3.05, 3.63) is 33.9 Å².